The number of benzene rings is 2. The summed E-state index contributed by atoms with van der Waals surface area (Å²) in [6, 6.07) is 16.1. The fraction of sp³-hybridized carbons (Fsp3) is 0.235. The molecule has 0 bridgehead atoms. The molecule has 7 heteroatoms. The van der Waals surface area contributed by atoms with Crippen molar-refractivity contribution in [3.05, 3.63) is 59.7 Å². The van der Waals surface area contributed by atoms with Gasteiger partial charge < -0.3 is 20.8 Å². The molecule has 0 aliphatic rings. The van der Waals surface area contributed by atoms with Crippen LogP contribution in [0.15, 0.2) is 48.5 Å². The summed E-state index contributed by atoms with van der Waals surface area (Å²) in [5.41, 5.74) is 4.72. The van der Waals surface area contributed by atoms with Gasteiger partial charge >= 0.3 is 0 Å². The fourth-order valence-corrected chi connectivity index (χ4v) is 2.02. The summed E-state index contributed by atoms with van der Waals surface area (Å²) in [4.78, 5) is 4.11. The molecule has 2 aromatic rings. The Balaban J connectivity index is -0.00000110. The Kier molecular flexibility index (Phi) is 14.0. The molecule has 0 heterocycles. The average Bonchev–Trinajstić information content (AvgIpc) is 2.46. The van der Waals surface area contributed by atoms with Gasteiger partial charge in [0.1, 0.15) is 0 Å². The van der Waals surface area contributed by atoms with Crippen LogP contribution in [-0.4, -0.2) is 39.4 Å². The van der Waals surface area contributed by atoms with Gasteiger partial charge in [0.2, 0.25) is 0 Å². The van der Waals surface area contributed by atoms with Crippen molar-refractivity contribution in [3.63, 3.8) is 0 Å². The van der Waals surface area contributed by atoms with Gasteiger partial charge in [-0.1, -0.05) is 34.2 Å². The third kappa shape index (κ3) is 6.70. The maximum atomic E-state index is 8.30. The van der Waals surface area contributed by atoms with Crippen molar-refractivity contribution < 1.29 is 32.0 Å². The number of nitrogens with one attached hydrogen (secondary N) is 1. The first-order chi connectivity index (χ1) is 9.49. The summed E-state index contributed by atoms with van der Waals surface area (Å²) < 4.78 is 0. The zero-order valence-corrected chi connectivity index (χ0v) is 17.3. The van der Waals surface area contributed by atoms with Crippen LogP contribution >= 0.6 is 9.90 Å². The maximum absolute atomic E-state index is 8.30. The van der Waals surface area contributed by atoms with Crippen LogP contribution in [-0.2, 0) is 26.5 Å². The van der Waals surface area contributed by atoms with Crippen molar-refractivity contribution in [2.24, 2.45) is 0 Å². The number of hydrogen-bond donors (Lipinski definition) is 1. The van der Waals surface area contributed by atoms with Crippen molar-refractivity contribution in [2.75, 3.05) is 38.0 Å². The Morgan fingerprint density at radius 2 is 0.958 bits per heavy atom. The quantitative estimate of drug-likeness (QED) is 0.459. The van der Waals surface area contributed by atoms with E-state index in [9.17, 15) is 0 Å². The Labute approximate surface area is 162 Å². The van der Waals surface area contributed by atoms with Crippen LogP contribution in [0.1, 0.15) is 11.1 Å². The number of rotatable bonds is 4. The van der Waals surface area contributed by atoms with E-state index in [0.717, 1.165) is 22.5 Å². The van der Waals surface area contributed by atoms with Gasteiger partial charge in [-0.25, -0.2) is 0 Å². The zero-order chi connectivity index (χ0) is 14.7. The molecule has 2 N–H and O–H groups in total. The molecule has 0 aliphatic heterocycles. The number of nitrogens with zero attached hydrogens (tertiary/aromatic N) is 2. The molecular formula is C17H23MoN3O2P-3. The van der Waals surface area contributed by atoms with Crippen LogP contribution in [0.5, 0.6) is 0 Å². The molecule has 0 atom stereocenters. The molecule has 132 valence electrons. The Morgan fingerprint density at radius 3 is 1.17 bits per heavy atom. The minimum atomic E-state index is 0. The minimum Gasteiger partial charge on any atom is -2.00 e. The second kappa shape index (κ2) is 12.2. The van der Waals surface area contributed by atoms with Gasteiger partial charge in [0.05, 0.1) is 5.71 Å². The SMILES string of the molecule is CN(C)c1ccc(C(=N)c2ccc(N(C)C)cc2)cc1.[Mo].[O-2].[OH-].[PH]. The summed E-state index contributed by atoms with van der Waals surface area (Å²) in [7, 11) is 8.06. The zero-order valence-electron chi connectivity index (χ0n) is 14.3. The summed E-state index contributed by atoms with van der Waals surface area (Å²) >= 11 is 0. The molecule has 0 aromatic heterocycles. The van der Waals surface area contributed by atoms with E-state index < -0.39 is 0 Å². The van der Waals surface area contributed by atoms with E-state index in [1.54, 1.807) is 0 Å². The first kappa shape index (κ1) is 27.6. The molecule has 0 spiro atoms. The molecular weight excluding hydrogens is 405 g/mol. The van der Waals surface area contributed by atoms with Crippen molar-refractivity contribution in [3.8, 4) is 0 Å². The van der Waals surface area contributed by atoms with Gasteiger partial charge in [-0.2, -0.15) is 0 Å². The summed E-state index contributed by atoms with van der Waals surface area (Å²) in [5, 5.41) is 8.30. The van der Waals surface area contributed by atoms with Crippen LogP contribution < -0.4 is 9.80 Å². The Hall–Kier alpha value is -1.25. The van der Waals surface area contributed by atoms with Crippen LogP contribution in [0.4, 0.5) is 11.4 Å². The largest absolute Gasteiger partial charge is 2.00 e. The fourth-order valence-electron chi connectivity index (χ4n) is 2.02. The van der Waals surface area contributed by atoms with Crippen LogP contribution in [0.25, 0.3) is 0 Å². The van der Waals surface area contributed by atoms with Gasteiger partial charge in [-0.3, -0.25) is 5.41 Å². The molecule has 2 radical (unpaired) electrons. The minimum absolute atomic E-state index is 0. The predicted octanol–water partition coefficient (Wildman–Crippen LogP) is 3.53. The number of hydrogen-bond acceptors (Lipinski definition) is 4. The van der Waals surface area contributed by atoms with Crippen molar-refractivity contribution in [1.82, 2.24) is 0 Å². The Morgan fingerprint density at radius 1 is 0.708 bits per heavy atom. The van der Waals surface area contributed by atoms with E-state index in [0.29, 0.717) is 5.71 Å². The second-order valence-electron chi connectivity index (χ2n) is 5.26. The molecule has 0 amide bonds. The van der Waals surface area contributed by atoms with Gasteiger partial charge in [0.15, 0.2) is 0 Å². The first-order valence-electron chi connectivity index (χ1n) is 6.63. The molecule has 2 rings (SSSR count). The molecule has 5 nitrogen and oxygen atoms in total. The van der Waals surface area contributed by atoms with Crippen molar-refractivity contribution in [1.29, 1.82) is 5.41 Å². The van der Waals surface area contributed by atoms with E-state index in [1.807, 2.05) is 76.7 Å². The summed E-state index contributed by atoms with van der Waals surface area (Å²) in [6.45, 7) is 0. The molecule has 2 aromatic carbocycles. The third-order valence-corrected chi connectivity index (χ3v) is 3.34. The number of anilines is 2. The van der Waals surface area contributed by atoms with Gasteiger partial charge in [-0.15, -0.1) is 0 Å². The smallest absolute Gasteiger partial charge is 0.0684 e. The molecule has 0 saturated carbocycles. The molecule has 0 saturated heterocycles. The van der Waals surface area contributed by atoms with E-state index in [4.69, 9.17) is 5.41 Å². The van der Waals surface area contributed by atoms with Gasteiger partial charge in [-0.05, 0) is 24.3 Å². The van der Waals surface area contributed by atoms with E-state index in [2.05, 4.69) is 9.80 Å². The maximum Gasteiger partial charge on any atom is 0.0684 e. The third-order valence-electron chi connectivity index (χ3n) is 3.34. The normalized spacial score (nSPS) is 8.50. The molecule has 0 unspecified atom stereocenters. The van der Waals surface area contributed by atoms with Crippen LogP contribution in [0.2, 0.25) is 0 Å². The summed E-state index contributed by atoms with van der Waals surface area (Å²) in [6.07, 6.45) is 0. The van der Waals surface area contributed by atoms with E-state index >= 15 is 0 Å². The van der Waals surface area contributed by atoms with Crippen LogP contribution in [0.3, 0.4) is 0 Å². The van der Waals surface area contributed by atoms with Crippen molar-refractivity contribution in [2.45, 2.75) is 0 Å². The van der Waals surface area contributed by atoms with Gasteiger partial charge in [0, 0.05) is 71.8 Å². The van der Waals surface area contributed by atoms with E-state index in [1.165, 1.54) is 0 Å². The summed E-state index contributed by atoms with van der Waals surface area (Å²) in [5.74, 6) is 0. The molecule has 24 heavy (non-hydrogen) atoms. The standard InChI is InChI=1S/C17H21N3.Mo.H2O.O.HP/c1-19(2)15-9-5-13(6-10-15)17(18)14-7-11-16(12-8-14)20(3)4;;;;/h5-12,18H,1-4H3;;1H2;;1H/q;;;-2;/p-1. The Bertz CT molecular complexity index is 549. The van der Waals surface area contributed by atoms with Crippen LogP contribution in [0, 0.1) is 5.41 Å². The molecule has 0 aliphatic carbocycles. The molecule has 0 fully saturated rings. The average molecular weight is 428 g/mol. The topological polar surface area (TPSA) is 88.8 Å². The van der Waals surface area contributed by atoms with Crippen molar-refractivity contribution >= 4 is 27.0 Å². The first-order valence-corrected chi connectivity index (χ1v) is 6.63. The second-order valence-corrected chi connectivity index (χ2v) is 5.26. The van der Waals surface area contributed by atoms with Gasteiger partial charge in [0.25, 0.3) is 0 Å². The predicted molar refractivity (Wildman–Crippen MR) is 98.4 cm³/mol. The van der Waals surface area contributed by atoms with E-state index in [-0.39, 0.29) is 41.9 Å². The monoisotopic (exact) mass is 430 g/mol.